The topological polar surface area (TPSA) is 16.1 Å². The molecule has 20 heavy (non-hydrogen) atoms. The molecule has 0 unspecified atom stereocenters. The third-order valence-corrected chi connectivity index (χ3v) is 4.87. The van der Waals surface area contributed by atoms with Crippen LogP contribution in [0.25, 0.3) is 10.9 Å². The van der Waals surface area contributed by atoms with Gasteiger partial charge in [-0.1, -0.05) is 34.1 Å². The van der Waals surface area contributed by atoms with Gasteiger partial charge in [-0.2, -0.15) is 0 Å². The van der Waals surface area contributed by atoms with Crippen molar-refractivity contribution in [2.75, 3.05) is 13.6 Å². The standard InChI is InChI=1S/C17H21BrN2/c1-12-7-14(16-5-3-4-6-17(16)19-12)11-20(2)10-13-8-15(18)9-13/h3-7,13,15H,8-11H2,1-2H3. The Hall–Kier alpha value is -0.930. The van der Waals surface area contributed by atoms with Gasteiger partial charge >= 0.3 is 0 Å². The second-order valence-corrected chi connectivity index (χ2v) is 7.37. The molecular formula is C17H21BrN2. The van der Waals surface area contributed by atoms with E-state index in [1.54, 1.807) is 0 Å². The number of pyridine rings is 1. The predicted octanol–water partition coefficient (Wildman–Crippen LogP) is 4.15. The molecular weight excluding hydrogens is 312 g/mol. The maximum absolute atomic E-state index is 4.62. The molecule has 0 spiro atoms. The van der Waals surface area contributed by atoms with Crippen LogP contribution in [-0.4, -0.2) is 28.3 Å². The van der Waals surface area contributed by atoms with Crippen LogP contribution in [0.3, 0.4) is 0 Å². The zero-order valence-electron chi connectivity index (χ0n) is 12.1. The van der Waals surface area contributed by atoms with Crippen LogP contribution >= 0.6 is 15.9 Å². The van der Waals surface area contributed by atoms with Crippen LogP contribution < -0.4 is 0 Å². The van der Waals surface area contributed by atoms with E-state index in [9.17, 15) is 0 Å². The Bertz CT molecular complexity index is 605. The summed E-state index contributed by atoms with van der Waals surface area (Å²) in [6.07, 6.45) is 2.64. The summed E-state index contributed by atoms with van der Waals surface area (Å²) >= 11 is 3.67. The number of halogens is 1. The quantitative estimate of drug-likeness (QED) is 0.782. The minimum absolute atomic E-state index is 0.755. The lowest BCUT2D eigenvalue weighted by atomic mass is 9.85. The summed E-state index contributed by atoms with van der Waals surface area (Å²) < 4.78 is 0. The van der Waals surface area contributed by atoms with Gasteiger partial charge < -0.3 is 4.90 Å². The molecule has 0 bridgehead atoms. The summed E-state index contributed by atoms with van der Waals surface area (Å²) in [4.78, 5) is 7.82. The largest absolute Gasteiger partial charge is 0.302 e. The molecule has 3 rings (SSSR count). The van der Waals surface area contributed by atoms with Gasteiger partial charge in [-0.05, 0) is 50.4 Å². The van der Waals surface area contributed by atoms with Crippen molar-refractivity contribution in [3.63, 3.8) is 0 Å². The second-order valence-electron chi connectivity index (χ2n) is 6.07. The summed E-state index contributed by atoms with van der Waals surface area (Å²) in [5.74, 6) is 0.860. The number of rotatable bonds is 4. The Balaban J connectivity index is 1.76. The fraction of sp³-hybridized carbons (Fsp3) is 0.471. The Morgan fingerprint density at radius 3 is 2.80 bits per heavy atom. The van der Waals surface area contributed by atoms with Crippen molar-refractivity contribution in [1.82, 2.24) is 9.88 Å². The minimum Gasteiger partial charge on any atom is -0.302 e. The van der Waals surface area contributed by atoms with Gasteiger partial charge in [0.25, 0.3) is 0 Å². The monoisotopic (exact) mass is 332 g/mol. The van der Waals surface area contributed by atoms with Crippen LogP contribution in [0.1, 0.15) is 24.1 Å². The summed E-state index contributed by atoms with van der Waals surface area (Å²) in [5, 5.41) is 1.29. The van der Waals surface area contributed by atoms with E-state index < -0.39 is 0 Å². The smallest absolute Gasteiger partial charge is 0.0708 e. The summed E-state index contributed by atoms with van der Waals surface area (Å²) in [6.45, 7) is 4.28. The first kappa shape index (κ1) is 14.0. The maximum Gasteiger partial charge on any atom is 0.0708 e. The number of aromatic nitrogens is 1. The first-order chi connectivity index (χ1) is 9.61. The van der Waals surface area contributed by atoms with E-state index in [1.807, 2.05) is 0 Å². The molecule has 0 radical (unpaired) electrons. The van der Waals surface area contributed by atoms with E-state index in [2.05, 4.69) is 70.1 Å². The molecule has 0 amide bonds. The number of nitrogens with zero attached hydrogens (tertiary/aromatic N) is 2. The number of fused-ring (bicyclic) bond motifs is 1. The first-order valence-electron chi connectivity index (χ1n) is 7.29. The summed E-state index contributed by atoms with van der Waals surface area (Å²) in [5.41, 5.74) is 3.61. The molecule has 2 aromatic rings. The van der Waals surface area contributed by atoms with Crippen molar-refractivity contribution in [2.45, 2.75) is 31.1 Å². The van der Waals surface area contributed by atoms with Crippen molar-refractivity contribution in [1.29, 1.82) is 0 Å². The molecule has 0 atom stereocenters. The number of alkyl halides is 1. The maximum atomic E-state index is 4.62. The highest BCUT2D eigenvalue weighted by Gasteiger charge is 2.27. The van der Waals surface area contributed by atoms with Crippen LogP contribution in [0.5, 0.6) is 0 Å². The molecule has 1 heterocycles. The minimum atomic E-state index is 0.755. The fourth-order valence-electron chi connectivity index (χ4n) is 3.13. The lowest BCUT2D eigenvalue weighted by molar-refractivity contribution is 0.208. The van der Waals surface area contributed by atoms with E-state index in [0.717, 1.165) is 28.5 Å². The normalized spacial score (nSPS) is 22.2. The molecule has 0 aliphatic heterocycles. The van der Waals surface area contributed by atoms with Crippen LogP contribution in [0.4, 0.5) is 0 Å². The summed E-state index contributed by atoms with van der Waals surface area (Å²) in [6, 6.07) is 10.7. The van der Waals surface area contributed by atoms with E-state index >= 15 is 0 Å². The Morgan fingerprint density at radius 2 is 2.05 bits per heavy atom. The zero-order chi connectivity index (χ0) is 14.1. The Kier molecular flexibility index (Phi) is 4.08. The van der Waals surface area contributed by atoms with Gasteiger partial charge in [0.1, 0.15) is 0 Å². The van der Waals surface area contributed by atoms with Gasteiger partial charge in [-0.3, -0.25) is 4.98 Å². The van der Waals surface area contributed by atoms with Gasteiger partial charge in [0.05, 0.1) is 5.52 Å². The first-order valence-corrected chi connectivity index (χ1v) is 8.21. The molecule has 106 valence electrons. The fourth-order valence-corrected chi connectivity index (χ4v) is 4.18. The average Bonchev–Trinajstić information content (AvgIpc) is 2.36. The number of para-hydroxylation sites is 1. The van der Waals surface area contributed by atoms with Gasteiger partial charge in [-0.25, -0.2) is 0 Å². The third-order valence-electron chi connectivity index (χ3n) is 4.12. The molecule has 1 aliphatic carbocycles. The van der Waals surface area contributed by atoms with Crippen LogP contribution in [-0.2, 0) is 6.54 Å². The van der Waals surface area contributed by atoms with Crippen molar-refractivity contribution in [3.8, 4) is 0 Å². The van der Waals surface area contributed by atoms with E-state index in [-0.39, 0.29) is 0 Å². The molecule has 0 saturated heterocycles. The summed E-state index contributed by atoms with van der Waals surface area (Å²) in [7, 11) is 2.23. The SMILES string of the molecule is Cc1cc(CN(C)CC2CC(Br)C2)c2ccccc2n1. The molecule has 1 aromatic heterocycles. The molecule has 3 heteroatoms. The van der Waals surface area contributed by atoms with E-state index in [1.165, 1.54) is 30.3 Å². The van der Waals surface area contributed by atoms with Gasteiger partial charge in [-0.15, -0.1) is 0 Å². The molecule has 1 saturated carbocycles. The number of hydrogen-bond acceptors (Lipinski definition) is 2. The van der Waals surface area contributed by atoms with Crippen molar-refractivity contribution < 1.29 is 0 Å². The number of benzene rings is 1. The van der Waals surface area contributed by atoms with Gasteiger partial charge in [0.2, 0.25) is 0 Å². The lowest BCUT2D eigenvalue weighted by Crippen LogP contribution is -2.34. The predicted molar refractivity (Wildman–Crippen MR) is 88.3 cm³/mol. The highest BCUT2D eigenvalue weighted by atomic mass is 79.9. The molecule has 2 nitrogen and oxygen atoms in total. The van der Waals surface area contributed by atoms with Crippen molar-refractivity contribution >= 4 is 26.8 Å². The van der Waals surface area contributed by atoms with Gasteiger partial charge in [0.15, 0.2) is 0 Å². The molecule has 1 fully saturated rings. The van der Waals surface area contributed by atoms with Crippen molar-refractivity contribution in [2.24, 2.45) is 5.92 Å². The Labute approximate surface area is 129 Å². The zero-order valence-corrected chi connectivity index (χ0v) is 13.7. The average molecular weight is 333 g/mol. The molecule has 0 N–H and O–H groups in total. The van der Waals surface area contributed by atoms with Crippen LogP contribution in [0.15, 0.2) is 30.3 Å². The number of hydrogen-bond donors (Lipinski definition) is 0. The third kappa shape index (κ3) is 3.04. The lowest BCUT2D eigenvalue weighted by Gasteiger charge is -2.34. The van der Waals surface area contributed by atoms with Crippen molar-refractivity contribution in [3.05, 3.63) is 41.6 Å². The molecule has 1 aromatic carbocycles. The van der Waals surface area contributed by atoms with Crippen LogP contribution in [0, 0.1) is 12.8 Å². The van der Waals surface area contributed by atoms with E-state index in [4.69, 9.17) is 0 Å². The number of aryl methyl sites for hydroxylation is 1. The Morgan fingerprint density at radius 1 is 1.30 bits per heavy atom. The highest BCUT2D eigenvalue weighted by Crippen LogP contribution is 2.34. The van der Waals surface area contributed by atoms with Gasteiger partial charge in [0, 0.05) is 29.0 Å². The molecule has 1 aliphatic rings. The van der Waals surface area contributed by atoms with E-state index in [0.29, 0.717) is 0 Å². The van der Waals surface area contributed by atoms with Crippen LogP contribution in [0.2, 0.25) is 0 Å². The highest BCUT2D eigenvalue weighted by molar-refractivity contribution is 9.09. The second kappa shape index (κ2) is 5.82.